The molecule has 6 heterocycles. The second-order valence-electron chi connectivity index (χ2n) is 35.2. The van der Waals surface area contributed by atoms with Crippen molar-refractivity contribution in [1.82, 2.24) is 27.4 Å². The first-order chi connectivity index (χ1) is 68.3. The summed E-state index contributed by atoms with van der Waals surface area (Å²) in [6.45, 7) is 7.40. The molecule has 0 atom stereocenters. The molecule has 0 unspecified atom stereocenters. The van der Waals surface area contributed by atoms with Crippen molar-refractivity contribution < 1.29 is 0 Å². The van der Waals surface area contributed by atoms with Crippen molar-refractivity contribution in [3.8, 4) is 113 Å². The van der Waals surface area contributed by atoms with Gasteiger partial charge in [-0.1, -0.05) is 285 Å². The number of benzene rings is 21. The van der Waals surface area contributed by atoms with Crippen LogP contribution in [0.15, 0.2) is 491 Å². The van der Waals surface area contributed by atoms with E-state index in [1.807, 2.05) is 66.7 Å². The third-order valence-corrected chi connectivity index (χ3v) is 27.4. The van der Waals surface area contributed by atoms with Crippen molar-refractivity contribution in [3.05, 3.63) is 514 Å². The Morgan fingerprint density at radius 1 is 0.152 bits per heavy atom. The number of para-hydroxylation sites is 8. The summed E-state index contributed by atoms with van der Waals surface area (Å²) in [4.78, 5) is 3.60. The van der Waals surface area contributed by atoms with Gasteiger partial charge in [0, 0.05) is 98.8 Å². The zero-order valence-electron chi connectivity index (χ0n) is 74.8. The van der Waals surface area contributed by atoms with Gasteiger partial charge in [-0.05, 0) is 273 Å². The van der Waals surface area contributed by atoms with Crippen LogP contribution in [0.2, 0.25) is 0 Å². The van der Waals surface area contributed by atoms with Crippen LogP contribution < -0.4 is 0 Å². The molecule has 0 amide bonds. The number of aromatic nitrogens is 6. The van der Waals surface area contributed by atoms with Crippen molar-refractivity contribution in [2.45, 2.75) is 0 Å². The first-order valence-electron chi connectivity index (χ1n) is 46.5. The third-order valence-electron chi connectivity index (χ3n) is 27.4. The molecule has 21 aromatic carbocycles. The molecular weight excluding hydrogens is 1680 g/mol. The number of nitriles is 2. The van der Waals surface area contributed by atoms with E-state index in [1.165, 1.54) is 170 Å². The summed E-state index contributed by atoms with van der Waals surface area (Å²) in [5, 5.41) is 33.4. The maximum absolute atomic E-state index is 9.35. The SMILES string of the molecule is N#Cc1ccc(-c2cccc(-n3c4ccccc4c4cc(-c5ccc6c(c5)c5ccccc5n6-c5ccccc5)ccc43)c2)cc1.N#Cc1cccc(-c2ccc(-n3c4ccccc4c4cc(-c5ccc6c(c5)c5ccccc5n6-c5ccccc5)ccc43)cc2)c1.[C-]#[N+]c1ccc(-n2c3ccccc3c3ccc(-c4ccc5c(c4)c4cc(-c6ccccc6)ccc4n5-c4ccccc4)cc32)cc1. The van der Waals surface area contributed by atoms with Crippen LogP contribution in [0.25, 0.3) is 237 Å². The second kappa shape index (κ2) is 33.9. The Morgan fingerprint density at radius 3 is 0.761 bits per heavy atom. The average Bonchev–Trinajstić information content (AvgIpc) is 1.59. The van der Waals surface area contributed by atoms with Crippen LogP contribution in [0, 0.1) is 29.2 Å². The van der Waals surface area contributed by atoms with Gasteiger partial charge in [0.2, 0.25) is 0 Å². The van der Waals surface area contributed by atoms with E-state index in [0.29, 0.717) is 16.8 Å². The lowest BCUT2D eigenvalue weighted by Gasteiger charge is -2.11. The predicted octanol–water partition coefficient (Wildman–Crippen LogP) is 33.9. The van der Waals surface area contributed by atoms with Gasteiger partial charge in [-0.3, -0.25) is 0 Å². The van der Waals surface area contributed by atoms with E-state index in [-0.39, 0.29) is 0 Å². The molecule has 0 fully saturated rings. The lowest BCUT2D eigenvalue weighted by molar-refractivity contribution is 1.18. The van der Waals surface area contributed by atoms with Gasteiger partial charge in [0.1, 0.15) is 0 Å². The predicted molar refractivity (Wildman–Crippen MR) is 574 cm³/mol. The van der Waals surface area contributed by atoms with E-state index in [1.54, 1.807) is 0 Å². The standard InChI is InChI=1S/3C43H27N3/c1-44-33-19-21-35(22-20-33)46-40-15-9-8-14-36(40)37-23-16-32(28-43(37)46)31-18-25-42-39(27-31)38-26-30(29-10-4-2-5-11-29)17-24-41(38)45(42)34-12-6-3-7-13-34;44-28-29-9-8-10-31(25-29)30-17-21-35(22-18-30)46-41-16-7-5-14-37(41)39-27-33(20-24-43(39)46)32-19-23-42-38(26-32)36-13-4-6-15-40(36)45(42)34-11-2-1-3-12-34;44-28-29-17-19-30(20-18-29)31-9-8-12-35(25-31)46-41-16-7-5-14-37(41)39-27-33(22-24-43(39)46)32-21-23-42-38(26-32)36-13-4-6-15-40(36)45(42)34-10-2-1-3-11-34/h2-28H;2*1-27H. The van der Waals surface area contributed by atoms with E-state index in [0.717, 1.165) is 61.6 Å². The Morgan fingerprint density at radius 2 is 0.384 bits per heavy atom. The van der Waals surface area contributed by atoms with Crippen molar-refractivity contribution in [2.75, 3.05) is 0 Å². The Kier molecular flexibility index (Phi) is 19.9. The topological polar surface area (TPSA) is 81.5 Å². The molecule has 9 nitrogen and oxygen atoms in total. The summed E-state index contributed by atoms with van der Waals surface area (Å²) in [5.74, 6) is 0. The fourth-order valence-corrected chi connectivity index (χ4v) is 21.0. The van der Waals surface area contributed by atoms with Gasteiger partial charge >= 0.3 is 0 Å². The number of fused-ring (bicyclic) bond motifs is 18. The maximum atomic E-state index is 9.35. The van der Waals surface area contributed by atoms with E-state index >= 15 is 0 Å². The molecule has 0 spiro atoms. The molecule has 0 radical (unpaired) electrons. The molecule has 0 bridgehead atoms. The van der Waals surface area contributed by atoms with E-state index in [4.69, 9.17) is 6.57 Å². The first kappa shape index (κ1) is 80.9. The van der Waals surface area contributed by atoms with Gasteiger partial charge in [-0.15, -0.1) is 0 Å². The molecular formula is C129H81N9. The average molecular weight is 1760 g/mol. The third kappa shape index (κ3) is 14.0. The van der Waals surface area contributed by atoms with Crippen LogP contribution in [-0.2, 0) is 0 Å². The first-order valence-corrected chi connectivity index (χ1v) is 46.5. The highest BCUT2D eigenvalue weighted by molar-refractivity contribution is 6.17. The number of hydrogen-bond donors (Lipinski definition) is 0. The summed E-state index contributed by atoms with van der Waals surface area (Å²) < 4.78 is 14.1. The molecule has 0 aliphatic carbocycles. The Labute approximate surface area is 795 Å². The summed E-state index contributed by atoms with van der Waals surface area (Å²) in [6, 6.07) is 179. The molecule has 27 rings (SSSR count). The minimum Gasteiger partial charge on any atom is -0.309 e. The molecule has 0 N–H and O–H groups in total. The van der Waals surface area contributed by atoms with Crippen molar-refractivity contribution in [1.29, 1.82) is 10.5 Å². The van der Waals surface area contributed by atoms with Gasteiger partial charge in [-0.25, -0.2) is 4.85 Å². The van der Waals surface area contributed by atoms with E-state index in [9.17, 15) is 10.5 Å². The minimum absolute atomic E-state index is 0.642. The summed E-state index contributed by atoms with van der Waals surface area (Å²) in [7, 11) is 0. The quantitative estimate of drug-likeness (QED) is 0.114. The van der Waals surface area contributed by atoms with Crippen LogP contribution in [0.4, 0.5) is 5.69 Å². The smallest absolute Gasteiger partial charge is 0.187 e. The molecule has 6 aromatic heterocycles. The Bertz CT molecular complexity index is 9650. The van der Waals surface area contributed by atoms with E-state index < -0.39 is 0 Å². The Hall–Kier alpha value is -19.1. The van der Waals surface area contributed by atoms with Gasteiger partial charge < -0.3 is 27.4 Å². The Balaban J connectivity index is 0.000000110. The monoisotopic (exact) mass is 1760 g/mol. The largest absolute Gasteiger partial charge is 0.309 e. The minimum atomic E-state index is 0.642. The molecule has 0 aliphatic heterocycles. The summed E-state index contributed by atoms with van der Waals surface area (Å²) >= 11 is 0. The molecule has 0 saturated carbocycles. The second-order valence-corrected chi connectivity index (χ2v) is 35.2. The highest BCUT2D eigenvalue weighted by Gasteiger charge is 2.23. The molecule has 138 heavy (non-hydrogen) atoms. The van der Waals surface area contributed by atoms with Gasteiger partial charge in [0.05, 0.1) is 96.0 Å². The van der Waals surface area contributed by atoms with Crippen molar-refractivity contribution >= 4 is 137 Å². The van der Waals surface area contributed by atoms with E-state index in [2.05, 4.69) is 469 Å². The summed E-state index contributed by atoms with van der Waals surface area (Å²) in [6.07, 6.45) is 0. The highest BCUT2D eigenvalue weighted by atomic mass is 15.0. The van der Waals surface area contributed by atoms with Crippen LogP contribution in [0.3, 0.4) is 0 Å². The van der Waals surface area contributed by atoms with Gasteiger partial charge in [0.25, 0.3) is 0 Å². The number of rotatable bonds is 12. The molecule has 9 heteroatoms. The maximum Gasteiger partial charge on any atom is 0.187 e. The van der Waals surface area contributed by atoms with Crippen LogP contribution >= 0.6 is 0 Å². The zero-order chi connectivity index (χ0) is 91.8. The highest BCUT2D eigenvalue weighted by Crippen LogP contribution is 2.46. The number of nitrogens with zero attached hydrogens (tertiary/aromatic N) is 9. The fraction of sp³-hybridized carbons (Fsp3) is 0. The van der Waals surface area contributed by atoms with Crippen LogP contribution in [0.1, 0.15) is 11.1 Å². The fourth-order valence-electron chi connectivity index (χ4n) is 21.0. The molecule has 0 aliphatic rings. The van der Waals surface area contributed by atoms with Gasteiger partial charge in [0.15, 0.2) is 5.69 Å². The lowest BCUT2D eigenvalue weighted by Crippen LogP contribution is -1.94. The zero-order valence-corrected chi connectivity index (χ0v) is 74.8. The number of hydrogen-bond acceptors (Lipinski definition) is 2. The van der Waals surface area contributed by atoms with Crippen LogP contribution in [0.5, 0.6) is 0 Å². The van der Waals surface area contributed by atoms with Crippen molar-refractivity contribution in [3.63, 3.8) is 0 Å². The van der Waals surface area contributed by atoms with Crippen LogP contribution in [-0.4, -0.2) is 27.4 Å². The summed E-state index contributed by atoms with van der Waals surface area (Å²) in [5.41, 5.74) is 36.8. The molecule has 27 aromatic rings. The lowest BCUT2D eigenvalue weighted by atomic mass is 9.99. The molecule has 642 valence electrons. The molecule has 0 saturated heterocycles. The normalized spacial score (nSPS) is 11.5. The van der Waals surface area contributed by atoms with Gasteiger partial charge in [-0.2, -0.15) is 10.5 Å². The van der Waals surface area contributed by atoms with Crippen molar-refractivity contribution in [2.24, 2.45) is 0 Å².